The molecule has 1 unspecified atom stereocenters. The summed E-state index contributed by atoms with van der Waals surface area (Å²) in [4.78, 5) is 72.8. The zero-order valence-electron chi connectivity index (χ0n) is 46.9. The fraction of sp³-hybridized carbons (Fsp3) is 0.772. The average molecular weight is 1090 g/mol. The maximum absolute atomic E-state index is 14.6. The molecule has 0 spiro atoms. The molecule has 0 aromatic rings. The van der Waals surface area contributed by atoms with E-state index in [-0.39, 0.29) is 105 Å². The summed E-state index contributed by atoms with van der Waals surface area (Å²) >= 11 is 0. The summed E-state index contributed by atoms with van der Waals surface area (Å²) in [7, 11) is 0.879. The fourth-order valence-electron chi connectivity index (χ4n) is 11.0. The number of aliphatic hydroxyl groups is 3. The normalized spacial score (nSPS) is 36.5. The van der Waals surface area contributed by atoms with E-state index in [9.17, 15) is 47.7 Å². The smallest absolute Gasteiger partial charge is 0.329 e. The number of ketones is 3. The highest BCUT2D eigenvalue weighted by atomic mass is 32.2. The molecule has 0 aromatic heterocycles. The van der Waals surface area contributed by atoms with E-state index in [0.29, 0.717) is 62.5 Å². The number of hydrogen-bond acceptors (Lipinski definition) is 17. The van der Waals surface area contributed by atoms with Gasteiger partial charge >= 0.3 is 5.97 Å². The molecule has 2 bridgehead atoms. The maximum Gasteiger partial charge on any atom is 0.329 e. The molecule has 15 atom stereocenters. The van der Waals surface area contributed by atoms with E-state index in [1.807, 2.05) is 45.1 Å². The second-order valence-corrected chi connectivity index (χ2v) is 24.2. The molecule has 3 N–H and O–H groups in total. The number of carbonyl (C=O) groups excluding carboxylic acids is 5. The van der Waals surface area contributed by atoms with Crippen molar-refractivity contribution in [1.82, 2.24) is 4.90 Å². The number of amides is 1. The predicted molar refractivity (Wildman–Crippen MR) is 285 cm³/mol. The van der Waals surface area contributed by atoms with Crippen molar-refractivity contribution in [2.45, 2.75) is 180 Å². The van der Waals surface area contributed by atoms with Gasteiger partial charge in [0.2, 0.25) is 5.79 Å². The Hall–Kier alpha value is -3.50. The molecule has 432 valence electrons. The van der Waals surface area contributed by atoms with Gasteiger partial charge < -0.3 is 53.4 Å². The van der Waals surface area contributed by atoms with Crippen LogP contribution in [0.3, 0.4) is 0 Å². The maximum atomic E-state index is 14.6. The van der Waals surface area contributed by atoms with E-state index < -0.39 is 87.6 Å². The third kappa shape index (κ3) is 18.8. The van der Waals surface area contributed by atoms with Crippen molar-refractivity contribution in [2.75, 3.05) is 65.8 Å². The Bertz CT molecular complexity index is 2140. The van der Waals surface area contributed by atoms with Gasteiger partial charge in [0, 0.05) is 58.5 Å². The number of hydrogen-bond donors (Lipinski definition) is 3. The number of sulfone groups is 1. The van der Waals surface area contributed by atoms with Crippen LogP contribution in [0.15, 0.2) is 47.6 Å². The lowest BCUT2D eigenvalue weighted by molar-refractivity contribution is -0.266. The Balaban J connectivity index is 1.72. The van der Waals surface area contributed by atoms with E-state index in [0.717, 1.165) is 11.3 Å². The SMILES string of the molecule is COCCS(=O)(=O)CCOC1C[C@@H]2CC[C@@H](C)[C@@](O)(O2)C(=O)C(=O)N2CCCC[C@H]2C(=O)O[C@H]([C@H](C)C[C@@H]2CC[C@@H](OCCO)[C@H](OC)C2)CC(=O)[C@H](C)/C=C(\C)[C@@H](O)[C@@H](OC)C(=O)[C@H](C)C[C@H](C)/C=C/C=C/C=C/1C. The molecular weight excluding hydrogens is 1000 g/mol. The molecule has 2 saturated heterocycles. The zero-order valence-corrected chi connectivity index (χ0v) is 47.7. The quantitative estimate of drug-likeness (QED) is 0.102. The Morgan fingerprint density at radius 2 is 1.55 bits per heavy atom. The molecular formula is C57H91NO17S. The number of piperidine rings is 1. The predicted octanol–water partition coefficient (Wildman–Crippen LogP) is 5.63. The molecule has 3 heterocycles. The van der Waals surface area contributed by atoms with Crippen molar-refractivity contribution in [3.05, 3.63) is 47.6 Å². The molecule has 0 aromatic carbocycles. The Morgan fingerprint density at radius 1 is 0.829 bits per heavy atom. The van der Waals surface area contributed by atoms with Crippen molar-refractivity contribution < 1.29 is 80.9 Å². The van der Waals surface area contributed by atoms with Crippen LogP contribution < -0.4 is 0 Å². The average Bonchev–Trinajstić information content (AvgIpc) is 3.39. The third-order valence-corrected chi connectivity index (χ3v) is 17.5. The standard InChI is InChI=1S/C57H91NO17S/c1-36-16-12-11-13-17-37(2)48(73-27-29-76(67,68)28-26-69-8)34-44-21-19-42(7)57(66,75-44)54(63)55(64)58-23-15-14-18-45(58)56(65)74-49(39(4)32-43-20-22-47(72-25-24-59)50(33-43)70-9)35-46(60)38(3)31-41(6)52(62)53(71-10)51(61)40(5)30-36/h11-13,16-17,31,36,38-40,42-45,47-50,52-53,59,62,66H,14-15,18-30,32-35H2,1-10H3/b13-11+,16-12+,37-17+,41-31+/t36-,38-,39-,40-,42-,43+,44+,45+,47-,48?,49+,50-,52-,53+,57-/m1/s1. The summed E-state index contributed by atoms with van der Waals surface area (Å²) in [6.07, 6.45) is 10.1. The summed E-state index contributed by atoms with van der Waals surface area (Å²) in [5.41, 5.74) is 1.06. The van der Waals surface area contributed by atoms with Crippen molar-refractivity contribution in [1.29, 1.82) is 0 Å². The summed E-state index contributed by atoms with van der Waals surface area (Å²) < 4.78 is 66.5. The molecule has 1 amide bonds. The van der Waals surface area contributed by atoms with Crippen LogP contribution in [0.4, 0.5) is 0 Å². The molecule has 3 aliphatic heterocycles. The number of methoxy groups -OCH3 is 3. The number of carbonyl (C=O) groups is 5. The molecule has 0 radical (unpaired) electrons. The van der Waals surface area contributed by atoms with Crippen molar-refractivity contribution in [3.63, 3.8) is 0 Å². The second-order valence-electron chi connectivity index (χ2n) is 21.9. The molecule has 18 nitrogen and oxygen atoms in total. The topological polar surface area (TPSA) is 248 Å². The Kier molecular flexibility index (Phi) is 26.8. The number of fused-ring (bicyclic) bond motifs is 3. The molecule has 4 aliphatic rings. The van der Waals surface area contributed by atoms with Gasteiger partial charge in [0.25, 0.3) is 11.7 Å². The minimum atomic E-state index is -3.51. The van der Waals surface area contributed by atoms with Crippen LogP contribution >= 0.6 is 0 Å². The zero-order chi connectivity index (χ0) is 56.3. The summed E-state index contributed by atoms with van der Waals surface area (Å²) in [6.45, 7) is 12.4. The number of cyclic esters (lactones) is 1. The number of aliphatic hydroxyl groups excluding tert-OH is 2. The first-order valence-corrected chi connectivity index (χ1v) is 29.3. The van der Waals surface area contributed by atoms with E-state index >= 15 is 0 Å². The lowest BCUT2D eigenvalue weighted by Gasteiger charge is -2.43. The fourth-order valence-corrected chi connectivity index (χ4v) is 12.0. The van der Waals surface area contributed by atoms with Crippen molar-refractivity contribution >= 4 is 39.1 Å². The van der Waals surface area contributed by atoms with Gasteiger partial charge in [-0.2, -0.15) is 0 Å². The Morgan fingerprint density at radius 3 is 2.24 bits per heavy atom. The highest BCUT2D eigenvalue weighted by Gasteiger charge is 2.53. The van der Waals surface area contributed by atoms with Crippen LogP contribution in [0.25, 0.3) is 0 Å². The van der Waals surface area contributed by atoms with Crippen LogP contribution in [-0.2, 0) is 67.0 Å². The van der Waals surface area contributed by atoms with Crippen LogP contribution in [0, 0.1) is 35.5 Å². The monoisotopic (exact) mass is 1090 g/mol. The lowest BCUT2D eigenvalue weighted by Crippen LogP contribution is -2.61. The second kappa shape index (κ2) is 31.3. The van der Waals surface area contributed by atoms with Crippen molar-refractivity contribution in [2.24, 2.45) is 35.5 Å². The van der Waals surface area contributed by atoms with E-state index in [4.69, 9.17) is 33.2 Å². The first kappa shape index (κ1) is 65.0. The van der Waals surface area contributed by atoms with Gasteiger partial charge in [-0.15, -0.1) is 0 Å². The summed E-state index contributed by atoms with van der Waals surface area (Å²) in [6, 6.07) is -1.21. The third-order valence-electron chi connectivity index (χ3n) is 15.9. The van der Waals surface area contributed by atoms with E-state index in [2.05, 4.69) is 0 Å². The van der Waals surface area contributed by atoms with Crippen LogP contribution in [0.2, 0.25) is 0 Å². The highest BCUT2D eigenvalue weighted by molar-refractivity contribution is 7.91. The Labute approximate surface area is 452 Å². The molecule has 19 heteroatoms. The molecule has 1 aliphatic carbocycles. The minimum absolute atomic E-state index is 0.0272. The summed E-state index contributed by atoms with van der Waals surface area (Å²) in [5, 5.41) is 33.1. The molecule has 1 saturated carbocycles. The number of esters is 1. The largest absolute Gasteiger partial charge is 0.460 e. The first-order chi connectivity index (χ1) is 36.0. The van der Waals surface area contributed by atoms with Gasteiger partial charge in [0.1, 0.15) is 30.1 Å². The minimum Gasteiger partial charge on any atom is -0.460 e. The number of ether oxygens (including phenoxy) is 7. The van der Waals surface area contributed by atoms with Crippen molar-refractivity contribution in [3.8, 4) is 0 Å². The van der Waals surface area contributed by atoms with E-state index in [1.54, 1.807) is 47.0 Å². The van der Waals surface area contributed by atoms with E-state index in [1.165, 1.54) is 14.2 Å². The van der Waals surface area contributed by atoms with Gasteiger partial charge in [-0.05, 0) is 107 Å². The number of rotatable bonds is 15. The number of nitrogens with zero attached hydrogens (tertiary/aromatic N) is 1. The molecule has 3 fully saturated rings. The number of Topliss-reactive ketones (excluding diaryl/α,β-unsaturated/α-hetero) is 3. The van der Waals surface area contributed by atoms with Gasteiger partial charge in [0.15, 0.2) is 15.6 Å². The van der Waals surface area contributed by atoms with Gasteiger partial charge in [-0.3, -0.25) is 19.2 Å². The van der Waals surface area contributed by atoms with Gasteiger partial charge in [-0.1, -0.05) is 71.1 Å². The number of allylic oxidation sites excluding steroid dienone is 6. The molecule has 76 heavy (non-hydrogen) atoms. The van der Waals surface area contributed by atoms with Crippen LogP contribution in [0.1, 0.15) is 126 Å². The van der Waals surface area contributed by atoms with Crippen LogP contribution in [0.5, 0.6) is 0 Å². The lowest BCUT2D eigenvalue weighted by atomic mass is 9.78. The highest BCUT2D eigenvalue weighted by Crippen LogP contribution is 2.38. The van der Waals surface area contributed by atoms with Crippen LogP contribution in [-0.4, -0.2) is 178 Å². The van der Waals surface area contributed by atoms with Gasteiger partial charge in [0.05, 0.1) is 62.3 Å². The first-order valence-electron chi connectivity index (χ1n) is 27.5. The van der Waals surface area contributed by atoms with Gasteiger partial charge in [-0.25, -0.2) is 13.2 Å². The summed E-state index contributed by atoms with van der Waals surface area (Å²) in [5.74, 6) is -9.15. The molecule has 4 rings (SSSR count).